The first kappa shape index (κ1) is 39.9. The zero-order chi connectivity index (χ0) is 45.0. The molecule has 4 heterocycles. The normalized spacial score (nSPS) is 14.7. The molecular weight excluding hydrogens is 836 g/mol. The predicted molar refractivity (Wildman–Crippen MR) is 289 cm³/mol. The Morgan fingerprint density at radius 1 is 0.470 bits per heavy atom. The Hall–Kier alpha value is -6.40. The van der Waals surface area contributed by atoms with E-state index in [0.29, 0.717) is 0 Å². The SMILES string of the molecule is CC(C)(C)c1ccc(N2c3cc(-c4ccccc4)cc4c3B(c3cc(C(C)(C)C)ccc3N4c3cccc4sc5ccccc5c34)c3sc4cc5c(cc4c32)-c2ccccc2C5(C)C)cc1. The number of nitrogens with zero attached hydrogens (tertiary/aromatic N) is 2. The topological polar surface area (TPSA) is 6.48 Å². The van der Waals surface area contributed by atoms with Crippen molar-refractivity contribution in [2.24, 2.45) is 0 Å². The maximum Gasteiger partial charge on any atom is 0.264 e. The van der Waals surface area contributed by atoms with E-state index in [0.717, 1.165) is 0 Å². The Kier molecular flexibility index (Phi) is 8.36. The minimum absolute atomic E-state index is 0.0134. The summed E-state index contributed by atoms with van der Waals surface area (Å²) in [5.41, 5.74) is 20.7. The van der Waals surface area contributed by atoms with E-state index in [1.165, 1.54) is 125 Å². The molecule has 0 radical (unpaired) electrons. The monoisotopic (exact) mass is 886 g/mol. The van der Waals surface area contributed by atoms with Crippen LogP contribution >= 0.6 is 22.7 Å². The van der Waals surface area contributed by atoms with Gasteiger partial charge in [0.15, 0.2) is 0 Å². The van der Waals surface area contributed by atoms with Crippen LogP contribution in [-0.4, -0.2) is 6.71 Å². The molecule has 2 aromatic heterocycles. The smallest absolute Gasteiger partial charge is 0.264 e. The summed E-state index contributed by atoms with van der Waals surface area (Å²) in [5.74, 6) is 0. The lowest BCUT2D eigenvalue weighted by atomic mass is 9.36. The number of anilines is 6. The minimum Gasteiger partial charge on any atom is -0.311 e. The third-order valence-corrected chi connectivity index (χ3v) is 17.3. The van der Waals surface area contributed by atoms with Gasteiger partial charge < -0.3 is 9.80 Å². The van der Waals surface area contributed by atoms with E-state index in [9.17, 15) is 0 Å². The van der Waals surface area contributed by atoms with Crippen LogP contribution in [0.1, 0.15) is 77.6 Å². The van der Waals surface area contributed by atoms with Crippen molar-refractivity contribution in [1.29, 1.82) is 0 Å². The summed E-state index contributed by atoms with van der Waals surface area (Å²) in [6, 6.07) is 63.0. The van der Waals surface area contributed by atoms with Gasteiger partial charge in [0.05, 0.1) is 11.4 Å². The van der Waals surface area contributed by atoms with Gasteiger partial charge in [0.1, 0.15) is 0 Å². The van der Waals surface area contributed by atoms with Gasteiger partial charge in [0.2, 0.25) is 0 Å². The van der Waals surface area contributed by atoms with Crippen molar-refractivity contribution in [1.82, 2.24) is 0 Å². The van der Waals surface area contributed by atoms with Crippen LogP contribution in [0.2, 0.25) is 0 Å². The van der Waals surface area contributed by atoms with Gasteiger partial charge >= 0.3 is 0 Å². The molecule has 0 bridgehead atoms. The molecule has 0 amide bonds. The molecule has 1 aliphatic carbocycles. The van der Waals surface area contributed by atoms with Crippen molar-refractivity contribution in [3.63, 3.8) is 0 Å². The van der Waals surface area contributed by atoms with Gasteiger partial charge in [-0.2, -0.15) is 0 Å². The van der Waals surface area contributed by atoms with Crippen LogP contribution in [0.3, 0.4) is 0 Å². The zero-order valence-corrected chi connectivity index (χ0v) is 40.5. The number of thiophene rings is 2. The van der Waals surface area contributed by atoms with E-state index in [4.69, 9.17) is 0 Å². The quantitative estimate of drug-likeness (QED) is 0.163. The first-order chi connectivity index (χ1) is 31.8. The lowest BCUT2D eigenvalue weighted by Crippen LogP contribution is -2.60. The Morgan fingerprint density at radius 2 is 1.15 bits per heavy atom. The molecule has 0 fully saturated rings. The molecule has 0 N–H and O–H groups in total. The second-order valence-corrected chi connectivity index (χ2v) is 23.5. The summed E-state index contributed by atoms with van der Waals surface area (Å²) in [4.78, 5) is 5.29. The van der Waals surface area contributed by atoms with Crippen LogP contribution in [0, 0.1) is 0 Å². The maximum absolute atomic E-state index is 2.65. The molecule has 13 rings (SSSR count). The van der Waals surface area contributed by atoms with Gasteiger partial charge in [0.25, 0.3) is 6.71 Å². The van der Waals surface area contributed by atoms with Crippen LogP contribution < -0.4 is 25.5 Å². The average molecular weight is 887 g/mol. The molecule has 0 saturated carbocycles. The molecule has 0 saturated heterocycles. The first-order valence-electron chi connectivity index (χ1n) is 23.5. The zero-order valence-electron chi connectivity index (χ0n) is 38.9. The molecule has 320 valence electrons. The predicted octanol–water partition coefficient (Wildman–Crippen LogP) is 15.9. The third-order valence-electron chi connectivity index (χ3n) is 15.0. The maximum atomic E-state index is 2.65. The van der Waals surface area contributed by atoms with Gasteiger partial charge in [-0.15, -0.1) is 22.7 Å². The lowest BCUT2D eigenvalue weighted by Gasteiger charge is -2.44. The molecule has 3 aliphatic rings. The molecule has 2 nitrogen and oxygen atoms in total. The van der Waals surface area contributed by atoms with Crippen molar-refractivity contribution in [3.8, 4) is 22.3 Å². The van der Waals surface area contributed by atoms with Crippen molar-refractivity contribution >= 4 is 109 Å². The van der Waals surface area contributed by atoms with Crippen molar-refractivity contribution in [3.05, 3.63) is 186 Å². The van der Waals surface area contributed by atoms with Crippen molar-refractivity contribution in [2.75, 3.05) is 9.80 Å². The Labute approximate surface area is 396 Å². The summed E-state index contributed by atoms with van der Waals surface area (Å²) in [6.45, 7) is 18.8. The van der Waals surface area contributed by atoms with Crippen molar-refractivity contribution in [2.45, 2.75) is 71.6 Å². The van der Waals surface area contributed by atoms with Gasteiger partial charge in [-0.1, -0.05) is 159 Å². The second kappa shape index (κ2) is 13.8. The molecule has 0 spiro atoms. The van der Waals surface area contributed by atoms with E-state index in [1.54, 1.807) is 0 Å². The minimum atomic E-state index is -0.0970. The van der Waals surface area contributed by atoms with Gasteiger partial charge in [-0.05, 0) is 127 Å². The van der Waals surface area contributed by atoms with Crippen molar-refractivity contribution < 1.29 is 0 Å². The average Bonchev–Trinajstić information content (AvgIpc) is 3.95. The highest BCUT2D eigenvalue weighted by atomic mass is 32.1. The fourth-order valence-electron chi connectivity index (χ4n) is 11.5. The number of benzene rings is 8. The number of hydrogen-bond donors (Lipinski definition) is 0. The fourth-order valence-corrected chi connectivity index (χ4v) is 14.0. The largest absolute Gasteiger partial charge is 0.311 e. The molecule has 2 aliphatic heterocycles. The van der Waals surface area contributed by atoms with E-state index in [2.05, 4.69) is 229 Å². The van der Waals surface area contributed by atoms with Crippen LogP contribution in [0.4, 0.5) is 34.1 Å². The van der Waals surface area contributed by atoms with Crippen LogP contribution in [0.15, 0.2) is 164 Å². The summed E-state index contributed by atoms with van der Waals surface area (Å²) in [7, 11) is 0. The summed E-state index contributed by atoms with van der Waals surface area (Å²) >= 11 is 3.90. The van der Waals surface area contributed by atoms with Gasteiger partial charge in [-0.25, -0.2) is 0 Å². The molecule has 8 aromatic carbocycles. The Morgan fingerprint density at radius 3 is 1.92 bits per heavy atom. The lowest BCUT2D eigenvalue weighted by molar-refractivity contribution is 0.590. The first-order valence-corrected chi connectivity index (χ1v) is 25.1. The van der Waals surface area contributed by atoms with Crippen LogP contribution in [0.25, 0.3) is 52.5 Å². The highest BCUT2D eigenvalue weighted by Gasteiger charge is 2.47. The van der Waals surface area contributed by atoms with E-state index < -0.39 is 0 Å². The fraction of sp³-hybridized carbons (Fsp3) is 0.180. The van der Waals surface area contributed by atoms with Crippen LogP contribution in [-0.2, 0) is 16.2 Å². The van der Waals surface area contributed by atoms with Gasteiger partial charge in [0, 0.05) is 63.2 Å². The summed E-state index contributed by atoms with van der Waals surface area (Å²) in [6.07, 6.45) is 0. The van der Waals surface area contributed by atoms with E-state index in [1.807, 2.05) is 22.7 Å². The molecular formula is C61H51BN2S2. The Balaban J connectivity index is 1.19. The van der Waals surface area contributed by atoms with Crippen LogP contribution in [0.5, 0.6) is 0 Å². The standard InChI is InChI=1S/C61H51BN2S2/c1-59(2,3)38-25-28-40(29-26-38)63-50-31-37(36-17-10-9-11-18-36)32-51-56(50)62(58-57(63)44-34-43-41-19-12-14-21-45(41)61(7,8)46(43)35-54(44)66-58)47-33-39(60(4,5)6)27-30-48(47)64(51)49-22-16-24-53-55(49)42-20-13-15-23-52(42)65-53/h9-35H,1-8H3. The molecule has 10 aromatic rings. The number of hydrogen-bond acceptors (Lipinski definition) is 4. The highest BCUT2D eigenvalue weighted by molar-refractivity contribution is 7.33. The summed E-state index contributed by atoms with van der Waals surface area (Å²) < 4.78 is 5.38. The molecule has 0 unspecified atom stereocenters. The highest BCUT2D eigenvalue weighted by Crippen LogP contribution is 2.55. The third kappa shape index (κ3) is 5.66. The second-order valence-electron chi connectivity index (χ2n) is 21.3. The van der Waals surface area contributed by atoms with E-state index >= 15 is 0 Å². The number of rotatable bonds is 3. The molecule has 66 heavy (non-hydrogen) atoms. The molecule has 5 heteroatoms. The number of fused-ring (bicyclic) bond motifs is 12. The van der Waals surface area contributed by atoms with E-state index in [-0.39, 0.29) is 23.0 Å². The summed E-state index contributed by atoms with van der Waals surface area (Å²) in [5, 5.41) is 3.94. The Bertz CT molecular complexity index is 3650. The molecule has 0 atom stereocenters. The van der Waals surface area contributed by atoms with Gasteiger partial charge in [-0.3, -0.25) is 0 Å².